The third-order valence-corrected chi connectivity index (χ3v) is 3.90. The summed E-state index contributed by atoms with van der Waals surface area (Å²) in [4.78, 5) is 21.8. The molecule has 0 atom stereocenters. The number of amides is 1. The number of piperidine rings is 1. The van der Waals surface area contributed by atoms with E-state index in [0.717, 1.165) is 18.0 Å². The second-order valence-electron chi connectivity index (χ2n) is 5.66. The number of carbonyl (C=O) groups excluding carboxylic acids is 1. The average Bonchev–Trinajstić information content (AvgIpc) is 2.58. The Morgan fingerprint density at radius 3 is 2.39 bits per heavy atom. The van der Waals surface area contributed by atoms with Crippen molar-refractivity contribution in [3.05, 3.63) is 53.6 Å². The van der Waals surface area contributed by atoms with Crippen LogP contribution in [0, 0.1) is 12.7 Å². The van der Waals surface area contributed by atoms with Crippen molar-refractivity contribution in [2.75, 3.05) is 13.1 Å². The molecule has 1 saturated heterocycles. The number of halogens is 1. The summed E-state index contributed by atoms with van der Waals surface area (Å²) in [7, 11) is 0. The molecule has 0 bridgehead atoms. The highest BCUT2D eigenvalue weighted by molar-refractivity contribution is 5.94. The first-order chi connectivity index (χ1) is 11.1. The zero-order valence-electron chi connectivity index (χ0n) is 12.9. The zero-order chi connectivity index (χ0) is 16.2. The summed E-state index contributed by atoms with van der Waals surface area (Å²) in [6, 6.07) is 7.76. The summed E-state index contributed by atoms with van der Waals surface area (Å²) in [5.74, 6) is -0.447. The summed E-state index contributed by atoms with van der Waals surface area (Å²) in [6.07, 6.45) is 3.52. The fourth-order valence-electron chi connectivity index (χ4n) is 2.57. The van der Waals surface area contributed by atoms with Crippen LogP contribution in [-0.4, -0.2) is 40.0 Å². The zero-order valence-corrected chi connectivity index (χ0v) is 12.9. The normalized spacial score (nSPS) is 15.5. The highest BCUT2D eigenvalue weighted by atomic mass is 19.1. The lowest BCUT2D eigenvalue weighted by atomic mass is 10.1. The van der Waals surface area contributed by atoms with E-state index in [9.17, 15) is 9.18 Å². The van der Waals surface area contributed by atoms with Crippen LogP contribution in [0.15, 0.2) is 36.7 Å². The summed E-state index contributed by atoms with van der Waals surface area (Å²) < 4.78 is 18.4. The van der Waals surface area contributed by atoms with E-state index in [-0.39, 0.29) is 18.0 Å². The number of rotatable bonds is 3. The van der Waals surface area contributed by atoms with Crippen LogP contribution >= 0.6 is 0 Å². The monoisotopic (exact) mass is 315 g/mol. The van der Waals surface area contributed by atoms with Gasteiger partial charge in [0.05, 0.1) is 12.4 Å². The van der Waals surface area contributed by atoms with Crippen LogP contribution in [0.4, 0.5) is 4.39 Å². The van der Waals surface area contributed by atoms with Gasteiger partial charge in [0, 0.05) is 31.5 Å². The Hall–Kier alpha value is -2.50. The minimum absolute atomic E-state index is 0.0430. The van der Waals surface area contributed by atoms with Gasteiger partial charge in [-0.3, -0.25) is 4.79 Å². The van der Waals surface area contributed by atoms with Crippen molar-refractivity contribution in [2.45, 2.75) is 25.9 Å². The topological polar surface area (TPSA) is 55.3 Å². The molecular formula is C17H18FN3O2. The van der Waals surface area contributed by atoms with Gasteiger partial charge in [-0.05, 0) is 19.1 Å². The highest BCUT2D eigenvalue weighted by Gasteiger charge is 2.25. The second kappa shape index (κ2) is 6.73. The van der Waals surface area contributed by atoms with Gasteiger partial charge in [0.15, 0.2) is 5.82 Å². The maximum atomic E-state index is 12.8. The third-order valence-electron chi connectivity index (χ3n) is 3.90. The summed E-state index contributed by atoms with van der Waals surface area (Å²) in [5, 5.41) is 0. The molecule has 120 valence electrons. The Labute approximate surface area is 134 Å². The van der Waals surface area contributed by atoms with Gasteiger partial charge in [0.25, 0.3) is 5.91 Å². The molecule has 0 radical (unpaired) electrons. The first-order valence-electron chi connectivity index (χ1n) is 7.62. The van der Waals surface area contributed by atoms with Crippen molar-refractivity contribution in [3.63, 3.8) is 0 Å². The van der Waals surface area contributed by atoms with Crippen molar-refractivity contribution in [1.29, 1.82) is 0 Å². The quantitative estimate of drug-likeness (QED) is 0.873. The van der Waals surface area contributed by atoms with Gasteiger partial charge in [-0.1, -0.05) is 17.7 Å². The Morgan fingerprint density at radius 2 is 1.78 bits per heavy atom. The number of aromatic nitrogens is 2. The number of hydrogen-bond donors (Lipinski definition) is 0. The molecule has 1 aromatic heterocycles. The Bertz CT molecular complexity index is 665. The van der Waals surface area contributed by atoms with E-state index in [2.05, 4.69) is 9.97 Å². The molecule has 0 spiro atoms. The summed E-state index contributed by atoms with van der Waals surface area (Å²) in [6.45, 7) is 3.24. The van der Waals surface area contributed by atoms with Crippen LogP contribution in [0.3, 0.4) is 0 Å². The van der Waals surface area contributed by atoms with Crippen molar-refractivity contribution < 1.29 is 13.9 Å². The van der Waals surface area contributed by atoms with Gasteiger partial charge in [0.2, 0.25) is 0 Å². The summed E-state index contributed by atoms with van der Waals surface area (Å²) >= 11 is 0. The molecule has 2 heterocycles. The molecule has 23 heavy (non-hydrogen) atoms. The van der Waals surface area contributed by atoms with Crippen molar-refractivity contribution in [3.8, 4) is 6.01 Å². The van der Waals surface area contributed by atoms with Crippen molar-refractivity contribution in [2.24, 2.45) is 0 Å². The molecule has 2 aromatic rings. The van der Waals surface area contributed by atoms with E-state index in [1.165, 1.54) is 0 Å². The third kappa shape index (κ3) is 3.83. The molecule has 0 N–H and O–H groups in total. The van der Waals surface area contributed by atoms with Gasteiger partial charge in [-0.25, -0.2) is 14.4 Å². The molecule has 0 unspecified atom stereocenters. The average molecular weight is 315 g/mol. The minimum Gasteiger partial charge on any atom is -0.460 e. The molecule has 3 rings (SSSR count). The van der Waals surface area contributed by atoms with Crippen LogP contribution in [0.5, 0.6) is 6.01 Å². The first kappa shape index (κ1) is 15.4. The minimum atomic E-state index is -0.490. The van der Waals surface area contributed by atoms with Crippen LogP contribution in [0.2, 0.25) is 0 Å². The van der Waals surface area contributed by atoms with Crippen molar-refractivity contribution in [1.82, 2.24) is 14.9 Å². The molecular weight excluding hydrogens is 297 g/mol. The number of likely N-dealkylation sites (tertiary alicyclic amines) is 1. The SMILES string of the molecule is Cc1ccc(C(=O)N2CCC(Oc3ncc(F)cn3)CC2)cc1. The maximum Gasteiger partial charge on any atom is 0.316 e. The van der Waals surface area contributed by atoms with Gasteiger partial charge in [0.1, 0.15) is 6.10 Å². The second-order valence-corrected chi connectivity index (χ2v) is 5.66. The first-order valence-corrected chi connectivity index (χ1v) is 7.62. The van der Waals surface area contributed by atoms with Crippen LogP contribution in [0.1, 0.15) is 28.8 Å². The van der Waals surface area contributed by atoms with E-state index in [1.54, 1.807) is 0 Å². The number of benzene rings is 1. The maximum absolute atomic E-state index is 12.8. The lowest BCUT2D eigenvalue weighted by Gasteiger charge is -2.31. The number of nitrogens with zero attached hydrogens (tertiary/aromatic N) is 3. The fraction of sp³-hybridized carbons (Fsp3) is 0.353. The molecule has 6 heteroatoms. The van der Waals surface area contributed by atoms with Crippen LogP contribution in [-0.2, 0) is 0 Å². The Balaban J connectivity index is 1.54. The summed E-state index contributed by atoms with van der Waals surface area (Å²) in [5.41, 5.74) is 1.84. The highest BCUT2D eigenvalue weighted by Crippen LogP contribution is 2.18. The fourth-order valence-corrected chi connectivity index (χ4v) is 2.57. The molecule has 5 nitrogen and oxygen atoms in total. The molecule has 1 fully saturated rings. The molecule has 1 aliphatic heterocycles. The number of aryl methyl sites for hydroxylation is 1. The lowest BCUT2D eigenvalue weighted by molar-refractivity contribution is 0.0578. The predicted octanol–water partition coefficient (Wildman–Crippen LogP) is 2.61. The van der Waals surface area contributed by atoms with Crippen LogP contribution < -0.4 is 4.74 Å². The smallest absolute Gasteiger partial charge is 0.316 e. The van der Waals surface area contributed by atoms with Gasteiger partial charge < -0.3 is 9.64 Å². The molecule has 1 aliphatic rings. The number of hydrogen-bond acceptors (Lipinski definition) is 4. The van der Waals surface area contributed by atoms with Crippen molar-refractivity contribution >= 4 is 5.91 Å². The van der Waals surface area contributed by atoms with E-state index in [4.69, 9.17) is 4.74 Å². The largest absolute Gasteiger partial charge is 0.460 e. The Kier molecular flexibility index (Phi) is 4.50. The Morgan fingerprint density at radius 1 is 1.17 bits per heavy atom. The van der Waals surface area contributed by atoms with Gasteiger partial charge >= 0.3 is 6.01 Å². The number of carbonyl (C=O) groups is 1. The predicted molar refractivity (Wildman–Crippen MR) is 82.7 cm³/mol. The number of ether oxygens (including phenoxy) is 1. The standard InChI is InChI=1S/C17H18FN3O2/c1-12-2-4-13(5-3-12)16(22)21-8-6-15(7-9-21)23-17-19-10-14(18)11-20-17/h2-5,10-11,15H,6-9H2,1H3. The van der Waals surface area contributed by atoms with Crippen LogP contribution in [0.25, 0.3) is 0 Å². The van der Waals surface area contributed by atoms with E-state index in [1.807, 2.05) is 36.1 Å². The lowest BCUT2D eigenvalue weighted by Crippen LogP contribution is -2.41. The molecule has 0 saturated carbocycles. The molecule has 1 amide bonds. The van der Waals surface area contributed by atoms with Gasteiger partial charge in [-0.2, -0.15) is 0 Å². The van der Waals surface area contributed by atoms with E-state index >= 15 is 0 Å². The molecule has 0 aliphatic carbocycles. The van der Waals surface area contributed by atoms with E-state index in [0.29, 0.717) is 31.5 Å². The van der Waals surface area contributed by atoms with E-state index < -0.39 is 5.82 Å². The molecule has 1 aromatic carbocycles. The van der Waals surface area contributed by atoms with Gasteiger partial charge in [-0.15, -0.1) is 0 Å².